The fraction of sp³-hybridized carbons (Fsp3) is 0.143. The Balaban J connectivity index is 1.98. The smallest absolute Gasteiger partial charge is 0.161 e. The molecule has 19 heavy (non-hydrogen) atoms. The molecule has 0 saturated heterocycles. The molecule has 0 aliphatic carbocycles. The Morgan fingerprint density at radius 1 is 1.26 bits per heavy atom. The lowest BCUT2D eigenvalue weighted by atomic mass is 10.2. The second-order valence-electron chi connectivity index (χ2n) is 4.20. The van der Waals surface area contributed by atoms with Crippen molar-refractivity contribution in [2.45, 2.75) is 6.54 Å². The van der Waals surface area contributed by atoms with E-state index in [0.29, 0.717) is 11.7 Å². The minimum Gasteiger partial charge on any atom is -0.497 e. The van der Waals surface area contributed by atoms with Gasteiger partial charge in [0, 0.05) is 0 Å². The molecule has 0 atom stereocenters. The van der Waals surface area contributed by atoms with Crippen molar-refractivity contribution in [3.63, 3.8) is 0 Å². The predicted octanol–water partition coefficient (Wildman–Crippen LogP) is 3.14. The average molecular weight is 274 g/mol. The van der Waals surface area contributed by atoms with Gasteiger partial charge in [0.25, 0.3) is 0 Å². The van der Waals surface area contributed by atoms with Gasteiger partial charge in [-0.25, -0.2) is 9.97 Å². The topological polar surface area (TPSA) is 39.9 Å². The lowest BCUT2D eigenvalue weighted by Gasteiger charge is -2.06. The van der Waals surface area contributed by atoms with E-state index in [-0.39, 0.29) is 0 Å². The zero-order valence-electron chi connectivity index (χ0n) is 10.4. The van der Waals surface area contributed by atoms with Gasteiger partial charge in [-0.05, 0) is 29.8 Å². The molecular weight excluding hydrogens is 262 g/mol. The molecule has 0 fully saturated rings. The van der Waals surface area contributed by atoms with E-state index in [1.807, 2.05) is 34.9 Å². The summed E-state index contributed by atoms with van der Waals surface area (Å²) in [5.74, 6) is 0.841. The normalized spacial score (nSPS) is 10.8. The van der Waals surface area contributed by atoms with Crippen LogP contribution in [0.2, 0.25) is 5.15 Å². The van der Waals surface area contributed by atoms with Crippen LogP contribution in [0, 0.1) is 0 Å². The first-order valence-corrected chi connectivity index (χ1v) is 6.24. The van der Waals surface area contributed by atoms with Crippen LogP contribution in [0.5, 0.6) is 5.75 Å². The van der Waals surface area contributed by atoms with Crippen molar-refractivity contribution in [1.29, 1.82) is 0 Å². The molecular formula is C14H12ClN3O. The van der Waals surface area contributed by atoms with Crippen molar-refractivity contribution in [3.05, 3.63) is 53.4 Å². The summed E-state index contributed by atoms with van der Waals surface area (Å²) >= 11 is 5.93. The second-order valence-corrected chi connectivity index (χ2v) is 4.59. The first kappa shape index (κ1) is 12.0. The van der Waals surface area contributed by atoms with Gasteiger partial charge >= 0.3 is 0 Å². The summed E-state index contributed by atoms with van der Waals surface area (Å²) in [7, 11) is 1.66. The van der Waals surface area contributed by atoms with Crippen LogP contribution in [0.15, 0.2) is 42.7 Å². The van der Waals surface area contributed by atoms with Crippen molar-refractivity contribution in [1.82, 2.24) is 14.5 Å². The molecule has 2 aromatic heterocycles. The molecule has 5 heteroatoms. The van der Waals surface area contributed by atoms with Gasteiger partial charge in [0.05, 0.1) is 20.0 Å². The highest BCUT2D eigenvalue weighted by Crippen LogP contribution is 2.17. The SMILES string of the molecule is COc1cccc(Cn2cnc3ccc(Cl)nc32)c1. The number of imidazole rings is 1. The molecule has 0 amide bonds. The van der Waals surface area contributed by atoms with Crippen molar-refractivity contribution in [3.8, 4) is 5.75 Å². The van der Waals surface area contributed by atoms with Gasteiger partial charge in [-0.1, -0.05) is 23.7 Å². The lowest BCUT2D eigenvalue weighted by Crippen LogP contribution is -1.99. The molecule has 0 N–H and O–H groups in total. The number of aromatic nitrogens is 3. The minimum atomic E-state index is 0.472. The van der Waals surface area contributed by atoms with Crippen molar-refractivity contribution in [2.24, 2.45) is 0 Å². The first-order chi connectivity index (χ1) is 9.26. The summed E-state index contributed by atoms with van der Waals surface area (Å²) in [5.41, 5.74) is 2.75. The summed E-state index contributed by atoms with van der Waals surface area (Å²) in [6.07, 6.45) is 1.77. The fourth-order valence-corrected chi connectivity index (χ4v) is 2.14. The zero-order chi connectivity index (χ0) is 13.2. The van der Waals surface area contributed by atoms with Crippen LogP contribution in [-0.4, -0.2) is 21.6 Å². The van der Waals surface area contributed by atoms with E-state index < -0.39 is 0 Å². The monoisotopic (exact) mass is 273 g/mol. The first-order valence-electron chi connectivity index (χ1n) is 5.86. The highest BCUT2D eigenvalue weighted by molar-refractivity contribution is 6.29. The van der Waals surface area contributed by atoms with E-state index >= 15 is 0 Å². The van der Waals surface area contributed by atoms with Crippen LogP contribution in [0.1, 0.15) is 5.56 Å². The lowest BCUT2D eigenvalue weighted by molar-refractivity contribution is 0.414. The fourth-order valence-electron chi connectivity index (χ4n) is 2.00. The third-order valence-corrected chi connectivity index (χ3v) is 3.13. The Hall–Kier alpha value is -2.07. The summed E-state index contributed by atoms with van der Waals surface area (Å²) in [4.78, 5) is 8.62. The Labute approximate surface area is 115 Å². The Bertz CT molecular complexity index is 724. The molecule has 3 aromatic rings. The van der Waals surface area contributed by atoms with Crippen LogP contribution in [0.25, 0.3) is 11.2 Å². The number of hydrogen-bond acceptors (Lipinski definition) is 3. The molecule has 0 bridgehead atoms. The van der Waals surface area contributed by atoms with E-state index in [2.05, 4.69) is 9.97 Å². The van der Waals surface area contributed by atoms with Gasteiger partial charge in [0.2, 0.25) is 0 Å². The zero-order valence-corrected chi connectivity index (χ0v) is 11.1. The van der Waals surface area contributed by atoms with Gasteiger partial charge in [0.1, 0.15) is 16.4 Å². The molecule has 96 valence electrons. The highest BCUT2D eigenvalue weighted by Gasteiger charge is 2.06. The van der Waals surface area contributed by atoms with Crippen molar-refractivity contribution in [2.75, 3.05) is 7.11 Å². The largest absolute Gasteiger partial charge is 0.497 e. The summed E-state index contributed by atoms with van der Waals surface area (Å²) in [5, 5.41) is 0.472. The van der Waals surface area contributed by atoms with Crippen LogP contribution in [-0.2, 0) is 6.54 Å². The minimum absolute atomic E-state index is 0.472. The number of pyridine rings is 1. The third-order valence-electron chi connectivity index (χ3n) is 2.92. The average Bonchev–Trinajstić information content (AvgIpc) is 2.81. The van der Waals surface area contributed by atoms with E-state index in [0.717, 1.165) is 22.5 Å². The number of ether oxygens (including phenoxy) is 1. The van der Waals surface area contributed by atoms with E-state index in [1.165, 1.54) is 0 Å². The molecule has 2 heterocycles. The van der Waals surface area contributed by atoms with Gasteiger partial charge in [-0.2, -0.15) is 0 Å². The van der Waals surface area contributed by atoms with Gasteiger partial charge in [-0.3, -0.25) is 0 Å². The summed E-state index contributed by atoms with van der Waals surface area (Å²) in [6.45, 7) is 0.682. The molecule has 0 spiro atoms. The van der Waals surface area contributed by atoms with E-state index in [1.54, 1.807) is 19.5 Å². The maximum atomic E-state index is 5.93. The van der Waals surface area contributed by atoms with Crippen LogP contribution < -0.4 is 4.74 Å². The third kappa shape index (κ3) is 2.39. The van der Waals surface area contributed by atoms with Crippen LogP contribution >= 0.6 is 11.6 Å². The van der Waals surface area contributed by atoms with Crippen LogP contribution in [0.3, 0.4) is 0 Å². The molecule has 0 radical (unpaired) electrons. The van der Waals surface area contributed by atoms with E-state index in [9.17, 15) is 0 Å². The standard InChI is InChI=1S/C14H12ClN3O/c1-19-11-4-2-3-10(7-11)8-18-9-16-12-5-6-13(15)17-14(12)18/h2-7,9H,8H2,1H3. The second kappa shape index (κ2) is 4.90. The summed E-state index contributed by atoms with van der Waals surface area (Å²) < 4.78 is 7.19. The molecule has 0 unspecified atom stereocenters. The van der Waals surface area contributed by atoms with Crippen LogP contribution in [0.4, 0.5) is 0 Å². The van der Waals surface area contributed by atoms with Gasteiger partial charge in [-0.15, -0.1) is 0 Å². The molecule has 0 aliphatic rings. The highest BCUT2D eigenvalue weighted by atomic mass is 35.5. The number of nitrogens with zero attached hydrogens (tertiary/aromatic N) is 3. The quantitative estimate of drug-likeness (QED) is 0.688. The van der Waals surface area contributed by atoms with E-state index in [4.69, 9.17) is 16.3 Å². The molecule has 0 aliphatic heterocycles. The number of methoxy groups -OCH3 is 1. The molecule has 0 saturated carbocycles. The number of rotatable bonds is 3. The van der Waals surface area contributed by atoms with Crippen molar-refractivity contribution >= 4 is 22.8 Å². The molecule has 4 nitrogen and oxygen atoms in total. The number of fused-ring (bicyclic) bond motifs is 1. The number of halogens is 1. The maximum Gasteiger partial charge on any atom is 0.161 e. The Kier molecular flexibility index (Phi) is 3.09. The van der Waals surface area contributed by atoms with Gasteiger partial charge < -0.3 is 9.30 Å². The Morgan fingerprint density at radius 3 is 3.00 bits per heavy atom. The molecule has 3 rings (SSSR count). The Morgan fingerprint density at radius 2 is 2.16 bits per heavy atom. The maximum absolute atomic E-state index is 5.93. The number of benzene rings is 1. The summed E-state index contributed by atoms with van der Waals surface area (Å²) in [6, 6.07) is 11.5. The molecule has 1 aromatic carbocycles. The predicted molar refractivity (Wildman–Crippen MR) is 74.6 cm³/mol. The number of hydrogen-bond donors (Lipinski definition) is 0. The van der Waals surface area contributed by atoms with Gasteiger partial charge in [0.15, 0.2) is 5.65 Å². The van der Waals surface area contributed by atoms with Crippen molar-refractivity contribution < 1.29 is 4.74 Å².